The molecule has 5 rings (SSSR count). The molecule has 1 fully saturated rings. The molecular formula is C31H30FN5O5. The molecule has 2 aromatic heterocycles. The summed E-state index contributed by atoms with van der Waals surface area (Å²) in [6.45, 7) is 1.88. The van der Waals surface area contributed by atoms with Gasteiger partial charge in [-0.15, -0.1) is 0 Å². The number of ether oxygens (including phenoxy) is 1. The molecular weight excluding hydrogens is 541 g/mol. The summed E-state index contributed by atoms with van der Waals surface area (Å²) in [5.74, 6) is -1.25. The van der Waals surface area contributed by atoms with Gasteiger partial charge in [0.2, 0.25) is 5.88 Å². The number of phenolic OH excluding ortho intramolecular Hbond substituents is 1. The lowest BCUT2D eigenvalue weighted by Gasteiger charge is -2.29. The quantitative estimate of drug-likeness (QED) is 0.261. The standard InChI is InChI=1S/C31H30FN5O5/c1-18-12-27(36-37(18)2)30(41)35-24-9-7-23(8-10-24)34-29(40)26-15-22(32)16-33-31(26)42-25-5-3-4-19(14-25)20-6-11-28(39)21(13-20)17-38/h3-6,11-17,23-24,39H,7-10H2,1-2H3,(H,34,40)(H,35,41)/t23-,24-. The van der Waals surface area contributed by atoms with Crippen LogP contribution in [0.2, 0.25) is 0 Å². The van der Waals surface area contributed by atoms with E-state index in [2.05, 4.69) is 20.7 Å². The van der Waals surface area contributed by atoms with Gasteiger partial charge in [0.1, 0.15) is 28.6 Å². The minimum atomic E-state index is -0.678. The molecule has 0 saturated heterocycles. The van der Waals surface area contributed by atoms with Gasteiger partial charge < -0.3 is 20.5 Å². The Labute approximate surface area is 241 Å². The predicted molar refractivity (Wildman–Crippen MR) is 152 cm³/mol. The summed E-state index contributed by atoms with van der Waals surface area (Å²) in [7, 11) is 1.78. The fraction of sp³-hybridized carbons (Fsp3) is 0.258. The van der Waals surface area contributed by atoms with Crippen LogP contribution in [0, 0.1) is 12.7 Å². The van der Waals surface area contributed by atoms with E-state index in [1.54, 1.807) is 54.2 Å². The molecule has 0 atom stereocenters. The third-order valence-electron chi connectivity index (χ3n) is 7.34. The fourth-order valence-corrected chi connectivity index (χ4v) is 4.93. The summed E-state index contributed by atoms with van der Waals surface area (Å²) >= 11 is 0. The highest BCUT2D eigenvalue weighted by Gasteiger charge is 2.26. The lowest BCUT2D eigenvalue weighted by molar-refractivity contribution is 0.0887. The van der Waals surface area contributed by atoms with Crippen LogP contribution in [-0.2, 0) is 7.05 Å². The Morgan fingerprint density at radius 2 is 1.69 bits per heavy atom. The van der Waals surface area contributed by atoms with Crippen molar-refractivity contribution in [2.24, 2.45) is 7.05 Å². The van der Waals surface area contributed by atoms with Gasteiger partial charge in [0.25, 0.3) is 11.8 Å². The summed E-state index contributed by atoms with van der Waals surface area (Å²) in [6.07, 6.45) is 4.15. The van der Waals surface area contributed by atoms with Crippen LogP contribution in [0.25, 0.3) is 11.1 Å². The maximum absolute atomic E-state index is 14.2. The third-order valence-corrected chi connectivity index (χ3v) is 7.34. The van der Waals surface area contributed by atoms with Gasteiger partial charge in [0.15, 0.2) is 6.29 Å². The first kappa shape index (κ1) is 28.5. The summed E-state index contributed by atoms with van der Waals surface area (Å²) in [6, 6.07) is 14.2. The molecule has 0 bridgehead atoms. The van der Waals surface area contributed by atoms with Crippen molar-refractivity contribution >= 4 is 18.1 Å². The van der Waals surface area contributed by atoms with E-state index in [0.717, 1.165) is 18.0 Å². The average Bonchev–Trinajstić information content (AvgIpc) is 3.33. The number of nitrogens with zero attached hydrogens (tertiary/aromatic N) is 3. The number of pyridine rings is 1. The highest BCUT2D eigenvalue weighted by atomic mass is 19.1. The Morgan fingerprint density at radius 3 is 2.36 bits per heavy atom. The molecule has 3 N–H and O–H groups in total. The van der Waals surface area contributed by atoms with Crippen LogP contribution < -0.4 is 15.4 Å². The zero-order chi connectivity index (χ0) is 29.8. The van der Waals surface area contributed by atoms with Crippen LogP contribution >= 0.6 is 0 Å². The second kappa shape index (κ2) is 12.2. The Morgan fingerprint density at radius 1 is 1.00 bits per heavy atom. The van der Waals surface area contributed by atoms with E-state index in [-0.39, 0.29) is 40.7 Å². The maximum atomic E-state index is 14.2. The zero-order valence-corrected chi connectivity index (χ0v) is 23.1. The van der Waals surface area contributed by atoms with Crippen LogP contribution in [0.1, 0.15) is 62.6 Å². The molecule has 0 unspecified atom stereocenters. The van der Waals surface area contributed by atoms with Crippen molar-refractivity contribution in [3.8, 4) is 28.5 Å². The number of aromatic hydroxyl groups is 1. The predicted octanol–water partition coefficient (Wildman–Crippen LogP) is 4.71. The second-order valence-electron chi connectivity index (χ2n) is 10.3. The molecule has 1 aliphatic rings. The van der Waals surface area contributed by atoms with Crippen LogP contribution in [0.5, 0.6) is 17.4 Å². The number of aromatic nitrogens is 3. The molecule has 0 radical (unpaired) electrons. The van der Waals surface area contributed by atoms with Gasteiger partial charge in [-0.2, -0.15) is 5.10 Å². The van der Waals surface area contributed by atoms with E-state index < -0.39 is 11.7 Å². The maximum Gasteiger partial charge on any atom is 0.272 e. The van der Waals surface area contributed by atoms with Crippen molar-refractivity contribution in [2.75, 3.05) is 0 Å². The Balaban J connectivity index is 1.23. The number of hydrogen-bond donors (Lipinski definition) is 3. The van der Waals surface area contributed by atoms with Crippen molar-refractivity contribution in [3.05, 3.63) is 89.1 Å². The first-order valence-corrected chi connectivity index (χ1v) is 13.5. The van der Waals surface area contributed by atoms with Crippen LogP contribution in [0.15, 0.2) is 60.8 Å². The molecule has 11 heteroatoms. The summed E-state index contributed by atoms with van der Waals surface area (Å²) in [5.41, 5.74) is 2.74. The molecule has 1 aliphatic carbocycles. The molecule has 2 heterocycles. The summed E-state index contributed by atoms with van der Waals surface area (Å²) in [4.78, 5) is 41.0. The number of carbonyl (C=O) groups excluding carboxylic acids is 3. The largest absolute Gasteiger partial charge is 0.507 e. The van der Waals surface area contributed by atoms with E-state index in [1.165, 1.54) is 6.07 Å². The minimum Gasteiger partial charge on any atom is -0.507 e. The SMILES string of the molecule is Cc1cc(C(=O)N[C@H]2CC[C@H](NC(=O)c3cc(F)cnc3Oc3cccc(-c4ccc(O)c(C=O)c4)c3)CC2)nn1C. The third kappa shape index (κ3) is 6.46. The number of carbonyl (C=O) groups is 3. The monoisotopic (exact) mass is 571 g/mol. The molecule has 4 aromatic rings. The van der Waals surface area contributed by atoms with E-state index in [1.807, 2.05) is 6.92 Å². The normalized spacial score (nSPS) is 16.5. The van der Waals surface area contributed by atoms with E-state index in [4.69, 9.17) is 4.74 Å². The molecule has 2 aromatic carbocycles. The zero-order valence-electron chi connectivity index (χ0n) is 23.1. The van der Waals surface area contributed by atoms with Gasteiger partial charge in [0, 0.05) is 24.8 Å². The molecule has 1 saturated carbocycles. The molecule has 0 aliphatic heterocycles. The lowest BCUT2D eigenvalue weighted by atomic mass is 9.91. The highest BCUT2D eigenvalue weighted by Crippen LogP contribution is 2.31. The van der Waals surface area contributed by atoms with E-state index >= 15 is 0 Å². The topological polar surface area (TPSA) is 135 Å². The Hall–Kier alpha value is -5.06. The Bertz CT molecular complexity index is 1630. The first-order chi connectivity index (χ1) is 20.2. The Kier molecular flexibility index (Phi) is 8.28. The first-order valence-electron chi connectivity index (χ1n) is 13.5. The number of amides is 2. The van der Waals surface area contributed by atoms with Gasteiger partial charge in [-0.25, -0.2) is 9.37 Å². The number of benzene rings is 2. The molecule has 2 amide bonds. The van der Waals surface area contributed by atoms with Crippen molar-refractivity contribution in [3.63, 3.8) is 0 Å². The number of rotatable bonds is 8. The van der Waals surface area contributed by atoms with E-state index in [0.29, 0.717) is 54.5 Å². The van der Waals surface area contributed by atoms with Gasteiger partial charge in [-0.1, -0.05) is 18.2 Å². The van der Waals surface area contributed by atoms with Crippen LogP contribution in [0.3, 0.4) is 0 Å². The van der Waals surface area contributed by atoms with Crippen LogP contribution in [0.4, 0.5) is 4.39 Å². The van der Waals surface area contributed by atoms with Crippen molar-refractivity contribution in [1.82, 2.24) is 25.4 Å². The van der Waals surface area contributed by atoms with Gasteiger partial charge in [-0.3, -0.25) is 19.1 Å². The van der Waals surface area contributed by atoms with Crippen molar-refractivity contribution in [2.45, 2.75) is 44.7 Å². The number of hydrogen-bond acceptors (Lipinski definition) is 7. The molecule has 216 valence electrons. The molecule has 10 nitrogen and oxygen atoms in total. The molecule has 0 spiro atoms. The van der Waals surface area contributed by atoms with Crippen molar-refractivity contribution < 1.29 is 28.6 Å². The number of aryl methyl sites for hydroxylation is 2. The van der Waals surface area contributed by atoms with Gasteiger partial charge >= 0.3 is 0 Å². The highest BCUT2D eigenvalue weighted by molar-refractivity contribution is 5.96. The van der Waals surface area contributed by atoms with Gasteiger partial charge in [0.05, 0.1) is 11.8 Å². The van der Waals surface area contributed by atoms with Crippen LogP contribution in [-0.4, -0.2) is 50.1 Å². The van der Waals surface area contributed by atoms with Gasteiger partial charge in [-0.05, 0) is 80.1 Å². The number of aldehydes is 1. The number of phenols is 1. The van der Waals surface area contributed by atoms with E-state index in [9.17, 15) is 23.9 Å². The van der Waals surface area contributed by atoms with Crippen molar-refractivity contribution in [1.29, 1.82) is 0 Å². The fourth-order valence-electron chi connectivity index (χ4n) is 4.93. The second-order valence-corrected chi connectivity index (χ2v) is 10.3. The lowest BCUT2D eigenvalue weighted by Crippen LogP contribution is -2.44. The smallest absolute Gasteiger partial charge is 0.272 e. The minimum absolute atomic E-state index is 0.0360. The summed E-state index contributed by atoms with van der Waals surface area (Å²) < 4.78 is 21.7. The average molecular weight is 572 g/mol. The summed E-state index contributed by atoms with van der Waals surface area (Å²) in [5, 5.41) is 20.0. The number of halogens is 1. The number of nitrogens with one attached hydrogen (secondary N) is 2. The molecule has 42 heavy (non-hydrogen) atoms.